The number of benzene rings is 1. The van der Waals surface area contributed by atoms with Gasteiger partial charge in [-0.3, -0.25) is 9.59 Å². The highest BCUT2D eigenvalue weighted by Gasteiger charge is 2.26. The average Bonchev–Trinajstić information content (AvgIpc) is 2.30. The van der Waals surface area contributed by atoms with Crippen LogP contribution < -0.4 is 5.73 Å². The van der Waals surface area contributed by atoms with Gasteiger partial charge in [-0.05, 0) is 12.0 Å². The van der Waals surface area contributed by atoms with Crippen molar-refractivity contribution in [3.05, 3.63) is 35.9 Å². The molecular weight excluding hydrogens is 238 g/mol. The number of rotatable bonds is 6. The number of aliphatic carboxylic acids is 1. The van der Waals surface area contributed by atoms with E-state index in [4.69, 9.17) is 5.73 Å². The van der Waals surface area contributed by atoms with Gasteiger partial charge in [-0.2, -0.15) is 0 Å². The minimum atomic E-state index is -0.957. The van der Waals surface area contributed by atoms with Crippen molar-refractivity contribution in [2.45, 2.75) is 23.8 Å². The topological polar surface area (TPSA) is 80.4 Å². The molecule has 1 aromatic rings. The van der Waals surface area contributed by atoms with Gasteiger partial charge in [-0.1, -0.05) is 37.3 Å². The number of carbonyl (C=O) groups is 2. The Kier molecular flexibility index (Phi) is 5.03. The fourth-order valence-corrected chi connectivity index (χ4v) is 2.52. The van der Waals surface area contributed by atoms with Crippen molar-refractivity contribution in [2.75, 3.05) is 0 Å². The second-order valence-corrected chi connectivity index (χ2v) is 4.88. The van der Waals surface area contributed by atoms with E-state index in [0.29, 0.717) is 12.0 Å². The van der Waals surface area contributed by atoms with Gasteiger partial charge in [0.25, 0.3) is 0 Å². The van der Waals surface area contributed by atoms with Gasteiger partial charge in [-0.25, -0.2) is 0 Å². The molecule has 0 aromatic heterocycles. The molecule has 0 saturated carbocycles. The summed E-state index contributed by atoms with van der Waals surface area (Å²) in [5.41, 5.74) is 5.89. The van der Waals surface area contributed by atoms with Crippen LogP contribution in [0.2, 0.25) is 0 Å². The zero-order chi connectivity index (χ0) is 12.8. The molecule has 0 fully saturated rings. The summed E-state index contributed by atoms with van der Waals surface area (Å²) in [6, 6.07) is 8.84. The molecule has 1 rings (SSSR count). The number of carboxylic acids is 1. The molecule has 0 saturated heterocycles. The van der Waals surface area contributed by atoms with Crippen molar-refractivity contribution in [1.82, 2.24) is 0 Å². The molecule has 0 radical (unpaired) electrons. The van der Waals surface area contributed by atoms with E-state index in [1.807, 2.05) is 13.0 Å². The van der Waals surface area contributed by atoms with E-state index in [0.717, 1.165) is 11.8 Å². The van der Waals surface area contributed by atoms with Gasteiger partial charge in [0.15, 0.2) is 0 Å². The first-order valence-electron chi connectivity index (χ1n) is 5.28. The Hall–Kier alpha value is -1.49. The van der Waals surface area contributed by atoms with E-state index in [1.165, 1.54) is 0 Å². The average molecular weight is 253 g/mol. The van der Waals surface area contributed by atoms with E-state index in [9.17, 15) is 14.7 Å². The summed E-state index contributed by atoms with van der Waals surface area (Å²) in [6.07, 6.45) is 0.524. The number of primary amides is 1. The summed E-state index contributed by atoms with van der Waals surface area (Å²) in [5, 5.41) is 7.95. The summed E-state index contributed by atoms with van der Waals surface area (Å²) in [7, 11) is 0. The molecule has 5 heteroatoms. The fourth-order valence-electron chi connectivity index (χ4n) is 1.44. The molecule has 3 N–H and O–H groups in total. The van der Waals surface area contributed by atoms with E-state index in [2.05, 4.69) is 0 Å². The number of carboxylic acid groups (broad SMARTS) is 1. The van der Waals surface area contributed by atoms with E-state index in [1.54, 1.807) is 24.3 Å². The lowest BCUT2D eigenvalue weighted by molar-refractivity contribution is -0.136. The molecule has 92 valence electrons. The first-order valence-corrected chi connectivity index (χ1v) is 6.23. The normalized spacial score (nSPS) is 13.9. The zero-order valence-corrected chi connectivity index (χ0v) is 10.3. The Labute approximate surface area is 104 Å². The largest absolute Gasteiger partial charge is 0.480 e. The monoisotopic (exact) mass is 253 g/mol. The van der Waals surface area contributed by atoms with Crippen LogP contribution >= 0.6 is 11.8 Å². The van der Waals surface area contributed by atoms with Gasteiger partial charge < -0.3 is 10.8 Å². The van der Waals surface area contributed by atoms with Crippen LogP contribution in [0.5, 0.6) is 0 Å². The smallest absolute Gasteiger partial charge is 0.321 e. The first kappa shape index (κ1) is 13.6. The fraction of sp³-hybridized carbons (Fsp3) is 0.333. The van der Waals surface area contributed by atoms with Crippen molar-refractivity contribution in [3.8, 4) is 0 Å². The minimum absolute atomic E-state index is 0.473. The van der Waals surface area contributed by atoms with Gasteiger partial charge >= 0.3 is 5.97 Å². The molecule has 0 bridgehead atoms. The molecule has 4 nitrogen and oxygen atoms in total. The summed E-state index contributed by atoms with van der Waals surface area (Å²) >= 11 is 1.09. The van der Waals surface area contributed by atoms with Crippen molar-refractivity contribution >= 4 is 23.6 Å². The van der Waals surface area contributed by atoms with Crippen molar-refractivity contribution < 1.29 is 14.7 Å². The molecule has 2 atom stereocenters. The van der Waals surface area contributed by atoms with Crippen LogP contribution in [0.4, 0.5) is 0 Å². The molecular formula is C12H15NO3S. The third kappa shape index (κ3) is 3.78. The predicted molar refractivity (Wildman–Crippen MR) is 67.7 cm³/mol. The Bertz CT molecular complexity index is 394. The number of carbonyl (C=O) groups excluding carboxylic acids is 1. The van der Waals surface area contributed by atoms with Crippen LogP contribution in [-0.4, -0.2) is 22.2 Å². The minimum Gasteiger partial charge on any atom is -0.480 e. The molecule has 0 aliphatic rings. The molecule has 1 amide bonds. The summed E-state index contributed by atoms with van der Waals surface area (Å²) in [4.78, 5) is 22.3. The predicted octanol–water partition coefficient (Wildman–Crippen LogP) is 1.81. The van der Waals surface area contributed by atoms with Crippen LogP contribution in [-0.2, 0) is 9.59 Å². The SMILES string of the molecule is CC[C@H](S[C@@H](C(=O)O)c1ccccc1)C(N)=O. The summed E-state index contributed by atoms with van der Waals surface area (Å²) in [6.45, 7) is 1.81. The molecule has 1 aromatic carbocycles. The zero-order valence-electron chi connectivity index (χ0n) is 9.50. The third-order valence-corrected chi connectivity index (χ3v) is 3.96. The van der Waals surface area contributed by atoms with Crippen LogP contribution in [0, 0.1) is 0 Å². The molecule has 0 aliphatic heterocycles. The highest BCUT2D eigenvalue weighted by atomic mass is 32.2. The number of hydrogen-bond donors (Lipinski definition) is 2. The third-order valence-electron chi connectivity index (χ3n) is 2.32. The highest BCUT2D eigenvalue weighted by molar-refractivity contribution is 8.01. The lowest BCUT2D eigenvalue weighted by atomic mass is 10.1. The second-order valence-electron chi connectivity index (χ2n) is 3.56. The second kappa shape index (κ2) is 6.30. The summed E-state index contributed by atoms with van der Waals surface area (Å²) in [5.74, 6) is -1.43. The van der Waals surface area contributed by atoms with Gasteiger partial charge in [0, 0.05) is 0 Å². The molecule has 0 unspecified atom stereocenters. The molecule has 0 heterocycles. The maximum Gasteiger partial charge on any atom is 0.321 e. The standard InChI is InChI=1S/C12H15NO3S/c1-2-9(11(13)14)17-10(12(15)16)8-6-4-3-5-7-8/h3-7,9-10H,2H2,1H3,(H2,13,14)(H,15,16)/t9-,10+/m0/s1. The molecule has 0 spiro atoms. The number of hydrogen-bond acceptors (Lipinski definition) is 3. The molecule has 17 heavy (non-hydrogen) atoms. The first-order chi connectivity index (χ1) is 8.06. The van der Waals surface area contributed by atoms with Gasteiger partial charge in [0.05, 0.1) is 5.25 Å². The Morgan fingerprint density at radius 1 is 1.35 bits per heavy atom. The van der Waals surface area contributed by atoms with Crippen molar-refractivity contribution in [3.63, 3.8) is 0 Å². The maximum absolute atomic E-state index is 11.2. The van der Waals surface area contributed by atoms with Crippen molar-refractivity contribution in [2.24, 2.45) is 5.73 Å². The van der Waals surface area contributed by atoms with E-state index < -0.39 is 22.4 Å². The summed E-state index contributed by atoms with van der Waals surface area (Å²) < 4.78 is 0. The van der Waals surface area contributed by atoms with Gasteiger partial charge in [0.1, 0.15) is 5.25 Å². The Balaban J connectivity index is 2.88. The van der Waals surface area contributed by atoms with Crippen LogP contribution in [0.1, 0.15) is 24.2 Å². The van der Waals surface area contributed by atoms with Crippen molar-refractivity contribution in [1.29, 1.82) is 0 Å². The Morgan fingerprint density at radius 3 is 2.35 bits per heavy atom. The van der Waals surface area contributed by atoms with Gasteiger partial charge in [0.2, 0.25) is 5.91 Å². The maximum atomic E-state index is 11.2. The number of amides is 1. The van der Waals surface area contributed by atoms with E-state index >= 15 is 0 Å². The number of nitrogens with two attached hydrogens (primary N) is 1. The van der Waals surface area contributed by atoms with E-state index in [-0.39, 0.29) is 0 Å². The number of thioether (sulfide) groups is 1. The van der Waals surface area contributed by atoms with Crippen LogP contribution in [0.15, 0.2) is 30.3 Å². The lowest BCUT2D eigenvalue weighted by Crippen LogP contribution is -2.27. The van der Waals surface area contributed by atoms with Crippen LogP contribution in [0.3, 0.4) is 0 Å². The quantitative estimate of drug-likeness (QED) is 0.810. The highest BCUT2D eigenvalue weighted by Crippen LogP contribution is 2.33. The van der Waals surface area contributed by atoms with Crippen LogP contribution in [0.25, 0.3) is 0 Å². The Morgan fingerprint density at radius 2 is 1.94 bits per heavy atom. The van der Waals surface area contributed by atoms with Gasteiger partial charge in [-0.15, -0.1) is 11.8 Å². The lowest BCUT2D eigenvalue weighted by Gasteiger charge is -2.17. The molecule has 0 aliphatic carbocycles.